The van der Waals surface area contributed by atoms with Gasteiger partial charge in [0, 0.05) is 15.4 Å². The summed E-state index contributed by atoms with van der Waals surface area (Å²) in [5.41, 5.74) is 3.48. The average molecular weight is 384 g/mol. The van der Waals surface area contributed by atoms with Gasteiger partial charge in [0.1, 0.15) is 0 Å². The fourth-order valence-electron chi connectivity index (χ4n) is 2.56. The SMILES string of the molecule is ClC(=CC(c1ccccc1)c1ccccc1)c1ccc(Br)cc1. The molecule has 23 heavy (non-hydrogen) atoms. The summed E-state index contributed by atoms with van der Waals surface area (Å²) in [6, 6.07) is 28.9. The Morgan fingerprint density at radius 3 is 1.70 bits per heavy atom. The molecule has 0 heterocycles. The van der Waals surface area contributed by atoms with Crippen molar-refractivity contribution in [3.8, 4) is 0 Å². The normalized spacial score (nSPS) is 11.7. The first-order valence-electron chi connectivity index (χ1n) is 7.47. The van der Waals surface area contributed by atoms with E-state index in [1.165, 1.54) is 11.1 Å². The van der Waals surface area contributed by atoms with E-state index in [2.05, 4.69) is 70.5 Å². The lowest BCUT2D eigenvalue weighted by Crippen LogP contribution is -1.98. The Kier molecular flexibility index (Phi) is 5.32. The molecule has 2 heteroatoms. The molecule has 0 amide bonds. The predicted molar refractivity (Wildman–Crippen MR) is 103 cm³/mol. The van der Waals surface area contributed by atoms with Gasteiger partial charge in [-0.05, 0) is 28.8 Å². The molecule has 0 fully saturated rings. The molecule has 0 aliphatic heterocycles. The number of halogens is 2. The van der Waals surface area contributed by atoms with E-state index in [-0.39, 0.29) is 5.92 Å². The Morgan fingerprint density at radius 2 is 1.22 bits per heavy atom. The first kappa shape index (κ1) is 16.0. The summed E-state index contributed by atoms with van der Waals surface area (Å²) in [6.07, 6.45) is 2.12. The van der Waals surface area contributed by atoms with Gasteiger partial charge in [0.25, 0.3) is 0 Å². The zero-order chi connectivity index (χ0) is 16.1. The fraction of sp³-hybridized carbons (Fsp3) is 0.0476. The Balaban J connectivity index is 2.02. The first-order valence-corrected chi connectivity index (χ1v) is 8.64. The first-order chi connectivity index (χ1) is 11.2. The third-order valence-electron chi connectivity index (χ3n) is 3.75. The maximum Gasteiger partial charge on any atom is 0.0448 e. The highest BCUT2D eigenvalue weighted by Gasteiger charge is 2.12. The van der Waals surface area contributed by atoms with Crippen LogP contribution < -0.4 is 0 Å². The topological polar surface area (TPSA) is 0 Å². The molecule has 0 aliphatic rings. The highest BCUT2D eigenvalue weighted by molar-refractivity contribution is 9.10. The minimum absolute atomic E-state index is 0.133. The van der Waals surface area contributed by atoms with Gasteiger partial charge in [-0.25, -0.2) is 0 Å². The van der Waals surface area contributed by atoms with Gasteiger partial charge in [-0.3, -0.25) is 0 Å². The minimum atomic E-state index is 0.133. The van der Waals surface area contributed by atoms with Gasteiger partial charge in [0.2, 0.25) is 0 Å². The Labute approximate surface area is 150 Å². The van der Waals surface area contributed by atoms with Crippen LogP contribution in [0.3, 0.4) is 0 Å². The molecule has 114 valence electrons. The highest BCUT2D eigenvalue weighted by atomic mass is 79.9. The van der Waals surface area contributed by atoms with Crippen molar-refractivity contribution in [1.29, 1.82) is 0 Å². The summed E-state index contributed by atoms with van der Waals surface area (Å²) >= 11 is 10.1. The monoisotopic (exact) mass is 382 g/mol. The van der Waals surface area contributed by atoms with Crippen molar-refractivity contribution in [3.63, 3.8) is 0 Å². The van der Waals surface area contributed by atoms with Gasteiger partial charge in [0.05, 0.1) is 0 Å². The highest BCUT2D eigenvalue weighted by Crippen LogP contribution is 2.31. The molecule has 3 aromatic carbocycles. The van der Waals surface area contributed by atoms with Gasteiger partial charge < -0.3 is 0 Å². The van der Waals surface area contributed by atoms with Crippen molar-refractivity contribution >= 4 is 32.6 Å². The summed E-state index contributed by atoms with van der Waals surface area (Å²) in [4.78, 5) is 0. The summed E-state index contributed by atoms with van der Waals surface area (Å²) < 4.78 is 1.05. The van der Waals surface area contributed by atoms with E-state index in [4.69, 9.17) is 11.6 Å². The van der Waals surface area contributed by atoms with E-state index >= 15 is 0 Å². The molecular formula is C21H16BrCl. The smallest absolute Gasteiger partial charge is 0.0448 e. The fourth-order valence-corrected chi connectivity index (χ4v) is 3.07. The van der Waals surface area contributed by atoms with Crippen molar-refractivity contribution < 1.29 is 0 Å². The molecule has 0 unspecified atom stereocenters. The van der Waals surface area contributed by atoms with E-state index in [1.807, 2.05) is 36.4 Å². The molecule has 0 spiro atoms. The van der Waals surface area contributed by atoms with Crippen molar-refractivity contribution in [2.45, 2.75) is 5.92 Å². The van der Waals surface area contributed by atoms with Crippen LogP contribution in [0.25, 0.3) is 5.03 Å². The Bertz CT molecular complexity index is 738. The van der Waals surface area contributed by atoms with Crippen LogP contribution in [0.1, 0.15) is 22.6 Å². The number of allylic oxidation sites excluding steroid dienone is 1. The number of benzene rings is 3. The minimum Gasteiger partial charge on any atom is -0.0840 e. The van der Waals surface area contributed by atoms with Crippen LogP contribution >= 0.6 is 27.5 Å². The quantitative estimate of drug-likeness (QED) is 0.461. The maximum atomic E-state index is 6.60. The zero-order valence-corrected chi connectivity index (χ0v) is 14.8. The lowest BCUT2D eigenvalue weighted by molar-refractivity contribution is 1.03. The van der Waals surface area contributed by atoms with E-state index < -0.39 is 0 Å². The van der Waals surface area contributed by atoms with Crippen molar-refractivity contribution in [2.24, 2.45) is 0 Å². The molecule has 0 saturated heterocycles. The predicted octanol–water partition coefficient (Wildman–Crippen LogP) is 6.86. The number of rotatable bonds is 4. The zero-order valence-electron chi connectivity index (χ0n) is 12.5. The van der Waals surface area contributed by atoms with Gasteiger partial charge in [-0.15, -0.1) is 0 Å². The molecule has 0 saturated carbocycles. The van der Waals surface area contributed by atoms with Crippen LogP contribution in [0.4, 0.5) is 0 Å². The van der Waals surface area contributed by atoms with Crippen LogP contribution in [0, 0.1) is 0 Å². The van der Waals surface area contributed by atoms with Crippen LogP contribution in [0.5, 0.6) is 0 Å². The van der Waals surface area contributed by atoms with Crippen LogP contribution in [0.15, 0.2) is 95.5 Å². The van der Waals surface area contributed by atoms with E-state index in [9.17, 15) is 0 Å². The van der Waals surface area contributed by atoms with Crippen molar-refractivity contribution in [2.75, 3.05) is 0 Å². The molecule has 0 aromatic heterocycles. The second kappa shape index (κ2) is 7.63. The third kappa shape index (κ3) is 4.13. The summed E-state index contributed by atoms with van der Waals surface area (Å²) in [7, 11) is 0. The molecule has 0 atom stereocenters. The second-order valence-corrected chi connectivity index (χ2v) is 6.64. The third-order valence-corrected chi connectivity index (χ3v) is 4.62. The Hall–Kier alpha value is -1.83. The second-order valence-electron chi connectivity index (χ2n) is 5.32. The van der Waals surface area contributed by atoms with Crippen LogP contribution in [0.2, 0.25) is 0 Å². The largest absolute Gasteiger partial charge is 0.0840 e. The average Bonchev–Trinajstić information content (AvgIpc) is 2.61. The molecule has 0 bridgehead atoms. The summed E-state index contributed by atoms with van der Waals surface area (Å²) in [5, 5.41) is 0.759. The van der Waals surface area contributed by atoms with Crippen LogP contribution in [-0.2, 0) is 0 Å². The molecule has 0 aliphatic carbocycles. The Morgan fingerprint density at radius 1 is 0.739 bits per heavy atom. The lowest BCUT2D eigenvalue weighted by Gasteiger charge is -2.15. The van der Waals surface area contributed by atoms with Gasteiger partial charge in [-0.2, -0.15) is 0 Å². The van der Waals surface area contributed by atoms with Crippen molar-refractivity contribution in [3.05, 3.63) is 112 Å². The number of hydrogen-bond acceptors (Lipinski definition) is 0. The molecule has 0 radical (unpaired) electrons. The van der Waals surface area contributed by atoms with Gasteiger partial charge in [0.15, 0.2) is 0 Å². The molecular weight excluding hydrogens is 368 g/mol. The van der Waals surface area contributed by atoms with Crippen molar-refractivity contribution in [1.82, 2.24) is 0 Å². The number of hydrogen-bond donors (Lipinski definition) is 0. The lowest BCUT2D eigenvalue weighted by atomic mass is 9.90. The molecule has 0 nitrogen and oxygen atoms in total. The van der Waals surface area contributed by atoms with Crippen LogP contribution in [-0.4, -0.2) is 0 Å². The van der Waals surface area contributed by atoms with E-state index in [0.29, 0.717) is 0 Å². The standard InChI is InChI=1S/C21H16BrCl/c22-19-13-11-18(12-14-19)21(23)15-20(16-7-3-1-4-8-16)17-9-5-2-6-10-17/h1-15,20H. The molecule has 3 aromatic rings. The van der Waals surface area contributed by atoms with Gasteiger partial charge in [-0.1, -0.05) is 106 Å². The van der Waals surface area contributed by atoms with E-state index in [0.717, 1.165) is 15.1 Å². The van der Waals surface area contributed by atoms with Gasteiger partial charge >= 0.3 is 0 Å². The molecule has 3 rings (SSSR count). The maximum absolute atomic E-state index is 6.60. The van der Waals surface area contributed by atoms with E-state index in [1.54, 1.807) is 0 Å². The summed E-state index contributed by atoms with van der Waals surface area (Å²) in [6.45, 7) is 0. The summed E-state index contributed by atoms with van der Waals surface area (Å²) in [5.74, 6) is 0.133. The molecule has 0 N–H and O–H groups in total.